The Balaban J connectivity index is 1.29. The number of amides is 1. The minimum Gasteiger partial charge on any atom is -0.342 e. The van der Waals surface area contributed by atoms with Gasteiger partial charge in [-0.3, -0.25) is 4.79 Å². The van der Waals surface area contributed by atoms with Gasteiger partial charge in [0.1, 0.15) is 5.82 Å². The number of hydrogen-bond acceptors (Lipinski definition) is 2. The third kappa shape index (κ3) is 3.78. The molecule has 0 N–H and O–H groups in total. The Morgan fingerprint density at radius 3 is 2.64 bits per heavy atom. The first kappa shape index (κ1) is 17.1. The van der Waals surface area contributed by atoms with Crippen molar-refractivity contribution in [3.8, 4) is 0 Å². The average Bonchev–Trinajstić information content (AvgIpc) is 3.29. The lowest BCUT2D eigenvalue weighted by atomic mass is 9.84. The lowest BCUT2D eigenvalue weighted by molar-refractivity contribution is -0.130. The van der Waals surface area contributed by atoms with Crippen LogP contribution in [0.3, 0.4) is 0 Å². The van der Waals surface area contributed by atoms with Crippen LogP contribution in [0.25, 0.3) is 0 Å². The zero-order valence-corrected chi connectivity index (χ0v) is 15.8. The molecule has 1 amide bonds. The molecule has 1 saturated heterocycles. The van der Waals surface area contributed by atoms with Crippen molar-refractivity contribution in [3.63, 3.8) is 0 Å². The Morgan fingerprint density at radius 2 is 1.92 bits per heavy atom. The fraction of sp³-hybridized carbons (Fsp3) is 0.810. The molecule has 4 heteroatoms. The van der Waals surface area contributed by atoms with Crippen LogP contribution >= 0.6 is 0 Å². The van der Waals surface area contributed by atoms with E-state index < -0.39 is 0 Å². The molecule has 25 heavy (non-hydrogen) atoms. The van der Waals surface area contributed by atoms with Gasteiger partial charge in [0.25, 0.3) is 0 Å². The summed E-state index contributed by atoms with van der Waals surface area (Å²) in [4.78, 5) is 19.4. The van der Waals surface area contributed by atoms with E-state index in [0.29, 0.717) is 17.7 Å². The highest BCUT2D eigenvalue weighted by atomic mass is 16.2. The van der Waals surface area contributed by atoms with E-state index in [4.69, 9.17) is 0 Å². The Kier molecular flexibility index (Phi) is 5.14. The molecule has 1 aliphatic heterocycles. The highest BCUT2D eigenvalue weighted by molar-refractivity contribution is 5.76. The van der Waals surface area contributed by atoms with Crippen molar-refractivity contribution in [2.24, 2.45) is 11.8 Å². The van der Waals surface area contributed by atoms with Gasteiger partial charge in [-0.2, -0.15) is 0 Å². The molecule has 0 aromatic carbocycles. The molecular weight excluding hydrogens is 310 g/mol. The molecule has 2 saturated carbocycles. The van der Waals surface area contributed by atoms with Crippen molar-refractivity contribution in [2.75, 3.05) is 13.1 Å². The Labute approximate surface area is 152 Å². The first-order valence-corrected chi connectivity index (χ1v) is 10.5. The maximum absolute atomic E-state index is 12.6. The molecule has 0 bridgehead atoms. The van der Waals surface area contributed by atoms with Crippen molar-refractivity contribution in [2.45, 2.75) is 83.6 Å². The monoisotopic (exact) mass is 343 g/mol. The Morgan fingerprint density at radius 1 is 1.12 bits per heavy atom. The molecule has 1 aromatic heterocycles. The van der Waals surface area contributed by atoms with Gasteiger partial charge < -0.3 is 9.47 Å². The van der Waals surface area contributed by atoms with Crippen LogP contribution in [0.4, 0.5) is 0 Å². The highest BCUT2D eigenvalue weighted by Gasteiger charge is 2.30. The summed E-state index contributed by atoms with van der Waals surface area (Å²) < 4.78 is 2.45. The van der Waals surface area contributed by atoms with E-state index in [1.807, 2.05) is 6.20 Å². The Bertz CT molecular complexity index is 598. The summed E-state index contributed by atoms with van der Waals surface area (Å²) in [7, 11) is 0. The summed E-state index contributed by atoms with van der Waals surface area (Å²) in [5.41, 5.74) is 1.29. The van der Waals surface area contributed by atoms with Gasteiger partial charge in [0.05, 0.1) is 0 Å². The van der Waals surface area contributed by atoms with Crippen molar-refractivity contribution in [1.82, 2.24) is 14.5 Å². The third-order valence-electron chi connectivity index (χ3n) is 6.88. The number of rotatable bonds is 6. The van der Waals surface area contributed by atoms with Crippen LogP contribution in [-0.4, -0.2) is 33.4 Å². The summed E-state index contributed by atoms with van der Waals surface area (Å²) in [6.45, 7) is 5.13. The third-order valence-corrected chi connectivity index (χ3v) is 6.88. The molecule has 2 heterocycles. The van der Waals surface area contributed by atoms with E-state index in [1.54, 1.807) is 0 Å². The fourth-order valence-corrected chi connectivity index (χ4v) is 4.96. The van der Waals surface area contributed by atoms with E-state index in [0.717, 1.165) is 44.8 Å². The number of nitrogens with zero attached hydrogens (tertiary/aromatic N) is 3. The first-order valence-electron chi connectivity index (χ1n) is 10.5. The van der Waals surface area contributed by atoms with Gasteiger partial charge in [-0.25, -0.2) is 4.98 Å². The maximum Gasteiger partial charge on any atom is 0.222 e. The predicted octanol–water partition coefficient (Wildman–Crippen LogP) is 4.28. The second-order valence-corrected chi connectivity index (χ2v) is 8.68. The molecule has 1 aromatic rings. The molecule has 0 spiro atoms. The summed E-state index contributed by atoms with van der Waals surface area (Å²) in [5, 5.41) is 0. The van der Waals surface area contributed by atoms with Gasteiger partial charge in [-0.15, -0.1) is 0 Å². The fourth-order valence-electron chi connectivity index (χ4n) is 4.96. The van der Waals surface area contributed by atoms with E-state index >= 15 is 0 Å². The second-order valence-electron chi connectivity index (χ2n) is 8.68. The van der Waals surface area contributed by atoms with Crippen LogP contribution in [0, 0.1) is 18.8 Å². The lowest BCUT2D eigenvalue weighted by Crippen LogP contribution is -2.29. The van der Waals surface area contributed by atoms with Gasteiger partial charge in [0.2, 0.25) is 5.91 Å². The SMILES string of the molecule is Cc1cnc(C2CCC2)n1CC1CCN(C(=O)CCC2CCCC2)C1. The zero-order chi connectivity index (χ0) is 17.2. The summed E-state index contributed by atoms with van der Waals surface area (Å²) in [6.07, 6.45) is 14.5. The molecule has 4 nitrogen and oxygen atoms in total. The predicted molar refractivity (Wildman–Crippen MR) is 99.4 cm³/mol. The molecule has 138 valence electrons. The summed E-state index contributed by atoms with van der Waals surface area (Å²) in [5.74, 6) is 3.80. The molecule has 3 fully saturated rings. The van der Waals surface area contributed by atoms with Crippen LogP contribution < -0.4 is 0 Å². The number of likely N-dealkylation sites (tertiary alicyclic amines) is 1. The van der Waals surface area contributed by atoms with Gasteiger partial charge in [0, 0.05) is 43.9 Å². The van der Waals surface area contributed by atoms with Gasteiger partial charge in [-0.05, 0) is 44.4 Å². The van der Waals surface area contributed by atoms with Gasteiger partial charge >= 0.3 is 0 Å². The summed E-state index contributed by atoms with van der Waals surface area (Å²) in [6, 6.07) is 0. The van der Waals surface area contributed by atoms with Crippen LogP contribution in [0.5, 0.6) is 0 Å². The smallest absolute Gasteiger partial charge is 0.222 e. The highest BCUT2D eigenvalue weighted by Crippen LogP contribution is 2.36. The van der Waals surface area contributed by atoms with Gasteiger partial charge in [-0.1, -0.05) is 32.1 Å². The summed E-state index contributed by atoms with van der Waals surface area (Å²) >= 11 is 0. The van der Waals surface area contributed by atoms with Crippen LogP contribution in [0.2, 0.25) is 0 Å². The molecule has 3 aliphatic rings. The number of aryl methyl sites for hydroxylation is 1. The van der Waals surface area contributed by atoms with Crippen molar-refractivity contribution in [1.29, 1.82) is 0 Å². The standard InChI is InChI=1S/C21H33N3O/c1-16-13-22-21(19-7-4-8-19)24(16)15-18-11-12-23(14-18)20(25)10-9-17-5-2-3-6-17/h13,17-19H,2-12,14-15H2,1H3. The molecule has 1 unspecified atom stereocenters. The minimum absolute atomic E-state index is 0.399. The number of carbonyl (C=O) groups is 1. The maximum atomic E-state index is 12.6. The number of aromatic nitrogens is 2. The van der Waals surface area contributed by atoms with Crippen LogP contribution in [-0.2, 0) is 11.3 Å². The molecule has 4 rings (SSSR count). The second kappa shape index (κ2) is 7.51. The van der Waals surface area contributed by atoms with E-state index in [9.17, 15) is 4.79 Å². The zero-order valence-electron chi connectivity index (χ0n) is 15.8. The number of hydrogen-bond donors (Lipinski definition) is 0. The van der Waals surface area contributed by atoms with Crippen molar-refractivity contribution < 1.29 is 4.79 Å². The van der Waals surface area contributed by atoms with Crippen LogP contribution in [0.15, 0.2) is 6.20 Å². The quantitative estimate of drug-likeness (QED) is 0.773. The van der Waals surface area contributed by atoms with E-state index in [-0.39, 0.29) is 0 Å². The van der Waals surface area contributed by atoms with Crippen molar-refractivity contribution >= 4 is 5.91 Å². The minimum atomic E-state index is 0.399. The largest absolute Gasteiger partial charge is 0.342 e. The van der Waals surface area contributed by atoms with Gasteiger partial charge in [0.15, 0.2) is 0 Å². The van der Waals surface area contributed by atoms with E-state index in [1.165, 1.54) is 56.5 Å². The number of carbonyl (C=O) groups excluding carboxylic acids is 1. The van der Waals surface area contributed by atoms with Crippen LogP contribution in [0.1, 0.15) is 81.6 Å². The molecule has 1 atom stereocenters. The molecular formula is C21H33N3O. The van der Waals surface area contributed by atoms with E-state index in [2.05, 4.69) is 21.4 Å². The van der Waals surface area contributed by atoms with Crippen molar-refractivity contribution in [3.05, 3.63) is 17.7 Å². The topological polar surface area (TPSA) is 38.1 Å². The lowest BCUT2D eigenvalue weighted by Gasteiger charge is -2.27. The first-order chi connectivity index (χ1) is 12.2. The molecule has 2 aliphatic carbocycles. The normalized spacial score (nSPS) is 24.8. The average molecular weight is 344 g/mol. The Hall–Kier alpha value is -1.32. The number of imidazole rings is 1. The molecule has 0 radical (unpaired) electrons.